The van der Waals surface area contributed by atoms with Gasteiger partial charge in [0.05, 0.1) is 18.8 Å². The Labute approximate surface area is 201 Å². The third-order valence-electron chi connectivity index (χ3n) is 11.0. The minimum absolute atomic E-state index is 0.0259. The van der Waals surface area contributed by atoms with E-state index in [-0.39, 0.29) is 28.8 Å². The number of carbonyl (C=O) groups is 1. The minimum Gasteiger partial charge on any atom is -0.394 e. The number of ether oxygens (including phenoxy) is 2. The molecule has 1 heterocycles. The fraction of sp³-hybridized carbons (Fsp3) is 0.962. The summed E-state index contributed by atoms with van der Waals surface area (Å²) in [6.07, 6.45) is 0.439. The first-order chi connectivity index (χ1) is 15.9. The van der Waals surface area contributed by atoms with Gasteiger partial charge in [0.25, 0.3) is 0 Å². The smallest absolute Gasteiger partial charge is 0.186 e. The number of aliphatic hydroxyl groups excluding tert-OH is 4. The SMILES string of the molecule is CC1(C)C(=O)CC[C@]2(C)[C@@H]1CC[C@@]13C[C@@H](CC[C@H]12)[C@@](O)(CO[C@@H]1O[C@H](CO)[C@@H](O)[C@H](O)[C@H]1O)C3. The third kappa shape index (κ3) is 3.47. The Balaban J connectivity index is 1.33. The molecule has 194 valence electrons. The van der Waals surface area contributed by atoms with E-state index in [1.807, 2.05) is 0 Å². The van der Waals surface area contributed by atoms with Crippen molar-refractivity contribution in [3.63, 3.8) is 0 Å². The first-order valence-corrected chi connectivity index (χ1v) is 13.1. The predicted molar refractivity (Wildman–Crippen MR) is 121 cm³/mol. The van der Waals surface area contributed by atoms with Gasteiger partial charge in [-0.3, -0.25) is 4.79 Å². The lowest BCUT2D eigenvalue weighted by Crippen LogP contribution is -2.59. The Morgan fingerprint density at radius 3 is 2.44 bits per heavy atom. The van der Waals surface area contributed by atoms with Gasteiger partial charge in [-0.05, 0) is 73.5 Å². The predicted octanol–water partition coefficient (Wildman–Crippen LogP) is 1.15. The molecule has 4 saturated carbocycles. The van der Waals surface area contributed by atoms with Gasteiger partial charge < -0.3 is 35.0 Å². The highest BCUT2D eigenvalue weighted by molar-refractivity contribution is 5.85. The second-order valence-corrected chi connectivity index (χ2v) is 12.9. The summed E-state index contributed by atoms with van der Waals surface area (Å²) in [5.74, 6) is 1.30. The maximum absolute atomic E-state index is 12.7. The monoisotopic (exact) mass is 482 g/mol. The maximum Gasteiger partial charge on any atom is 0.186 e. The fourth-order valence-corrected chi connectivity index (χ4v) is 9.25. The molecule has 5 fully saturated rings. The molecule has 5 aliphatic rings. The van der Waals surface area contributed by atoms with Crippen molar-refractivity contribution in [2.45, 2.75) is 108 Å². The molecule has 0 aromatic heterocycles. The van der Waals surface area contributed by atoms with Crippen LogP contribution in [-0.4, -0.2) is 80.8 Å². The number of ketones is 1. The zero-order chi connectivity index (χ0) is 24.7. The molecule has 11 atom stereocenters. The molecule has 8 heteroatoms. The van der Waals surface area contributed by atoms with Crippen LogP contribution in [0.5, 0.6) is 0 Å². The summed E-state index contributed by atoms with van der Waals surface area (Å²) < 4.78 is 11.3. The molecule has 0 radical (unpaired) electrons. The van der Waals surface area contributed by atoms with E-state index in [0.29, 0.717) is 30.5 Å². The van der Waals surface area contributed by atoms with Gasteiger partial charge in [0, 0.05) is 11.8 Å². The Kier molecular flexibility index (Phi) is 6.04. The molecular formula is C26H42O8. The van der Waals surface area contributed by atoms with Gasteiger partial charge in [0.1, 0.15) is 30.2 Å². The van der Waals surface area contributed by atoms with Crippen LogP contribution in [0.2, 0.25) is 0 Å². The molecule has 0 amide bonds. The highest BCUT2D eigenvalue weighted by atomic mass is 16.7. The zero-order valence-electron chi connectivity index (χ0n) is 20.7. The largest absolute Gasteiger partial charge is 0.394 e. The van der Waals surface area contributed by atoms with Crippen molar-refractivity contribution in [2.75, 3.05) is 13.2 Å². The van der Waals surface area contributed by atoms with Crippen LogP contribution in [0.4, 0.5) is 0 Å². The van der Waals surface area contributed by atoms with E-state index in [1.54, 1.807) is 0 Å². The average molecular weight is 483 g/mol. The summed E-state index contributed by atoms with van der Waals surface area (Å²) >= 11 is 0. The fourth-order valence-electron chi connectivity index (χ4n) is 9.25. The van der Waals surface area contributed by atoms with Gasteiger partial charge in [0.15, 0.2) is 6.29 Å². The van der Waals surface area contributed by atoms with Crippen LogP contribution in [0.25, 0.3) is 0 Å². The zero-order valence-corrected chi connectivity index (χ0v) is 20.7. The Morgan fingerprint density at radius 2 is 1.74 bits per heavy atom. The van der Waals surface area contributed by atoms with Gasteiger partial charge in [-0.1, -0.05) is 20.8 Å². The van der Waals surface area contributed by atoms with Crippen LogP contribution in [-0.2, 0) is 14.3 Å². The van der Waals surface area contributed by atoms with Crippen LogP contribution in [0.1, 0.15) is 72.1 Å². The van der Waals surface area contributed by atoms with Gasteiger partial charge >= 0.3 is 0 Å². The second-order valence-electron chi connectivity index (χ2n) is 12.9. The van der Waals surface area contributed by atoms with E-state index < -0.39 is 42.9 Å². The summed E-state index contributed by atoms with van der Waals surface area (Å²) in [5, 5.41) is 51.6. The molecule has 1 spiro atoms. The topological polar surface area (TPSA) is 137 Å². The second kappa shape index (κ2) is 8.20. The van der Waals surface area contributed by atoms with Crippen LogP contribution >= 0.6 is 0 Å². The molecule has 1 saturated heterocycles. The van der Waals surface area contributed by atoms with Crippen LogP contribution in [0.15, 0.2) is 0 Å². The maximum atomic E-state index is 12.7. The van der Waals surface area contributed by atoms with E-state index in [1.165, 1.54) is 0 Å². The molecule has 0 unspecified atom stereocenters. The average Bonchev–Trinajstić information content (AvgIpc) is 2.99. The first-order valence-electron chi connectivity index (χ1n) is 13.1. The van der Waals surface area contributed by atoms with Crippen molar-refractivity contribution in [1.82, 2.24) is 0 Å². The molecule has 0 aromatic carbocycles. The summed E-state index contributed by atoms with van der Waals surface area (Å²) in [5.41, 5.74) is -1.24. The molecule has 8 nitrogen and oxygen atoms in total. The van der Waals surface area contributed by atoms with Crippen molar-refractivity contribution in [2.24, 2.45) is 34.0 Å². The molecule has 5 rings (SSSR count). The van der Waals surface area contributed by atoms with E-state index in [9.17, 15) is 30.3 Å². The molecule has 5 N–H and O–H groups in total. The molecule has 34 heavy (non-hydrogen) atoms. The van der Waals surface area contributed by atoms with Crippen molar-refractivity contribution in [3.05, 3.63) is 0 Å². The quantitative estimate of drug-likeness (QED) is 0.402. The lowest BCUT2D eigenvalue weighted by atomic mass is 9.41. The highest BCUT2D eigenvalue weighted by Crippen LogP contribution is 2.72. The molecule has 0 aromatic rings. The Bertz CT molecular complexity index is 815. The number of Topliss-reactive ketones (excluding diaryl/α,β-unsaturated/α-hetero) is 1. The Morgan fingerprint density at radius 1 is 1.00 bits per heavy atom. The number of fused-ring (bicyclic) bond motifs is 3. The summed E-state index contributed by atoms with van der Waals surface area (Å²) in [7, 11) is 0. The molecule has 1 aliphatic heterocycles. The number of hydrogen-bond acceptors (Lipinski definition) is 8. The third-order valence-corrected chi connectivity index (χ3v) is 11.0. The van der Waals surface area contributed by atoms with Crippen molar-refractivity contribution in [3.8, 4) is 0 Å². The number of carbonyl (C=O) groups excluding carboxylic acids is 1. The van der Waals surface area contributed by atoms with Crippen molar-refractivity contribution < 1.29 is 39.8 Å². The lowest BCUT2D eigenvalue weighted by molar-refractivity contribution is -0.310. The van der Waals surface area contributed by atoms with Gasteiger partial charge in [-0.15, -0.1) is 0 Å². The lowest BCUT2D eigenvalue weighted by Gasteiger charge is -2.63. The van der Waals surface area contributed by atoms with Gasteiger partial charge in [-0.2, -0.15) is 0 Å². The molecular weight excluding hydrogens is 440 g/mol. The minimum atomic E-state index is -1.50. The summed E-state index contributed by atoms with van der Waals surface area (Å²) in [6, 6.07) is 0. The number of rotatable bonds is 4. The van der Waals surface area contributed by atoms with Crippen molar-refractivity contribution in [1.29, 1.82) is 0 Å². The Hall–Kier alpha value is -0.610. The van der Waals surface area contributed by atoms with E-state index in [2.05, 4.69) is 20.8 Å². The molecule has 2 bridgehead atoms. The van der Waals surface area contributed by atoms with Gasteiger partial charge in [0.2, 0.25) is 0 Å². The van der Waals surface area contributed by atoms with Crippen molar-refractivity contribution >= 4 is 5.78 Å². The molecule has 4 aliphatic carbocycles. The standard InChI is InChI=1S/C26H42O8/c1-23(2)16-6-9-25-10-14(4-5-17(25)24(16,3)8-7-18(23)28)26(32,12-25)13-33-22-21(31)20(30)19(29)15(11-27)34-22/h14-17,19-22,27,29-32H,4-13H2,1-3H3/t14-,15-,16-,17+,19-,20+,21-,22-,24-,25+,26+/m1/s1. The van der Waals surface area contributed by atoms with E-state index in [4.69, 9.17) is 9.47 Å². The highest BCUT2D eigenvalue weighted by Gasteiger charge is 2.68. The van der Waals surface area contributed by atoms with E-state index in [0.717, 1.165) is 38.5 Å². The number of aliphatic hydroxyl groups is 5. The number of hydrogen-bond donors (Lipinski definition) is 5. The van der Waals surface area contributed by atoms with Crippen LogP contribution in [0, 0.1) is 34.0 Å². The first kappa shape index (κ1) is 25.1. The van der Waals surface area contributed by atoms with Gasteiger partial charge in [-0.25, -0.2) is 0 Å². The van der Waals surface area contributed by atoms with Crippen LogP contribution < -0.4 is 0 Å². The summed E-state index contributed by atoms with van der Waals surface area (Å²) in [4.78, 5) is 12.7. The van der Waals surface area contributed by atoms with Crippen LogP contribution in [0.3, 0.4) is 0 Å². The van der Waals surface area contributed by atoms with E-state index >= 15 is 0 Å². The summed E-state index contributed by atoms with van der Waals surface area (Å²) in [6.45, 7) is 6.10. The normalized spacial score (nSPS) is 54.4.